The summed E-state index contributed by atoms with van der Waals surface area (Å²) in [6, 6.07) is 2.33. The van der Waals surface area contributed by atoms with Crippen LogP contribution in [-0.2, 0) is 30.5 Å². The highest BCUT2D eigenvalue weighted by atomic mass is 19.4. The smallest absolute Gasteiger partial charge is 0.333 e. The minimum absolute atomic E-state index is 0.0340. The Labute approximate surface area is 163 Å². The Morgan fingerprint density at radius 3 is 2.52 bits per heavy atom. The fourth-order valence-electron chi connectivity index (χ4n) is 3.83. The molecule has 0 bridgehead atoms. The van der Waals surface area contributed by atoms with E-state index >= 15 is 0 Å². The third-order valence-corrected chi connectivity index (χ3v) is 5.74. The molecule has 1 aliphatic carbocycles. The summed E-state index contributed by atoms with van der Waals surface area (Å²) in [7, 11) is 0. The summed E-state index contributed by atoms with van der Waals surface area (Å²) >= 11 is 0. The van der Waals surface area contributed by atoms with Crippen molar-refractivity contribution in [2.24, 2.45) is 5.41 Å². The van der Waals surface area contributed by atoms with Crippen LogP contribution in [0.15, 0.2) is 12.1 Å². The minimum atomic E-state index is -4.59. The van der Waals surface area contributed by atoms with Crippen molar-refractivity contribution >= 4 is 5.91 Å². The Kier molecular flexibility index (Phi) is 4.62. The number of hydrogen-bond donors (Lipinski definition) is 0. The van der Waals surface area contributed by atoms with Crippen LogP contribution in [0.3, 0.4) is 0 Å². The zero-order valence-corrected chi connectivity index (χ0v) is 15.7. The molecule has 156 valence electrons. The quantitative estimate of drug-likeness (QED) is 0.718. The highest BCUT2D eigenvalue weighted by Gasteiger charge is 2.46. The van der Waals surface area contributed by atoms with Gasteiger partial charge in [0.15, 0.2) is 5.82 Å². The minimum Gasteiger partial charge on any atom is -0.333 e. The van der Waals surface area contributed by atoms with E-state index in [1.54, 1.807) is 0 Å². The van der Waals surface area contributed by atoms with Crippen LogP contribution in [0.2, 0.25) is 0 Å². The fraction of sp³-hybridized carbons (Fsp3) is 0.526. The van der Waals surface area contributed by atoms with Crippen LogP contribution in [0, 0.1) is 24.0 Å². The first-order chi connectivity index (χ1) is 13.6. The van der Waals surface area contributed by atoms with E-state index in [0.29, 0.717) is 0 Å². The summed E-state index contributed by atoms with van der Waals surface area (Å²) in [4.78, 5) is 14.2. The predicted molar refractivity (Wildman–Crippen MR) is 91.5 cm³/mol. The van der Waals surface area contributed by atoms with Crippen LogP contribution in [-0.4, -0.2) is 32.1 Å². The van der Waals surface area contributed by atoms with Gasteiger partial charge in [0.1, 0.15) is 11.6 Å². The summed E-state index contributed by atoms with van der Waals surface area (Å²) < 4.78 is 67.7. The van der Waals surface area contributed by atoms with Gasteiger partial charge in [-0.15, -0.1) is 10.2 Å². The summed E-state index contributed by atoms with van der Waals surface area (Å²) in [5.74, 6) is -2.17. The second kappa shape index (κ2) is 6.77. The molecule has 10 heteroatoms. The topological polar surface area (TPSA) is 51.0 Å². The Bertz CT molecular complexity index is 964. The number of amides is 1. The molecule has 1 amide bonds. The number of nitrogens with zero attached hydrogens (tertiary/aromatic N) is 4. The number of aryl methyl sites for hydroxylation is 1. The maximum atomic E-state index is 14.2. The molecular weight excluding hydrogens is 395 g/mol. The molecule has 1 aromatic carbocycles. The molecule has 1 aliphatic heterocycles. The zero-order valence-electron chi connectivity index (χ0n) is 15.7. The molecule has 0 saturated heterocycles. The lowest BCUT2D eigenvalue weighted by molar-refractivity contribution is -0.148. The average Bonchev–Trinajstić information content (AvgIpc) is 3.23. The van der Waals surface area contributed by atoms with E-state index in [9.17, 15) is 26.7 Å². The first-order valence-electron chi connectivity index (χ1n) is 9.30. The average molecular weight is 414 g/mol. The standard InChI is InChI=1S/C19H19F5N4O/c1-11-6-14(21)12(7-13(11)20)8-18(2-3-18)9-16(29)27-4-5-28-15(10-27)25-26-17(28)19(22,23)24/h6-7H,2-5,8-10H2,1H3. The molecule has 0 N–H and O–H groups in total. The van der Waals surface area contributed by atoms with Crippen LogP contribution in [0.1, 0.15) is 42.0 Å². The van der Waals surface area contributed by atoms with Gasteiger partial charge in [0.05, 0.1) is 6.54 Å². The van der Waals surface area contributed by atoms with Crippen molar-refractivity contribution < 1.29 is 26.7 Å². The molecule has 2 aromatic rings. The number of halogens is 5. The second-order valence-corrected chi connectivity index (χ2v) is 7.95. The molecule has 1 saturated carbocycles. The summed E-state index contributed by atoms with van der Waals surface area (Å²) in [6.45, 7) is 1.52. The van der Waals surface area contributed by atoms with Crippen molar-refractivity contribution in [3.63, 3.8) is 0 Å². The first-order valence-corrected chi connectivity index (χ1v) is 9.30. The maximum absolute atomic E-state index is 14.2. The van der Waals surface area contributed by atoms with E-state index in [1.165, 1.54) is 17.9 Å². The maximum Gasteiger partial charge on any atom is 0.451 e. The molecule has 0 spiro atoms. The molecular formula is C19H19F5N4O. The normalized spacial score (nSPS) is 17.9. The first kappa shape index (κ1) is 19.8. The van der Waals surface area contributed by atoms with Crippen molar-refractivity contribution in [1.29, 1.82) is 0 Å². The molecule has 4 rings (SSSR count). The molecule has 5 nitrogen and oxygen atoms in total. The lowest BCUT2D eigenvalue weighted by Gasteiger charge is -2.29. The van der Waals surface area contributed by atoms with Gasteiger partial charge in [0, 0.05) is 19.5 Å². The fourth-order valence-corrected chi connectivity index (χ4v) is 3.83. The van der Waals surface area contributed by atoms with Gasteiger partial charge in [0.2, 0.25) is 11.7 Å². The van der Waals surface area contributed by atoms with Gasteiger partial charge in [-0.05, 0) is 54.9 Å². The van der Waals surface area contributed by atoms with Crippen molar-refractivity contribution in [3.05, 3.63) is 46.5 Å². The van der Waals surface area contributed by atoms with E-state index in [0.717, 1.165) is 23.5 Å². The monoisotopic (exact) mass is 414 g/mol. The van der Waals surface area contributed by atoms with E-state index in [4.69, 9.17) is 0 Å². The number of alkyl halides is 3. The van der Waals surface area contributed by atoms with E-state index in [-0.39, 0.29) is 55.3 Å². The third kappa shape index (κ3) is 3.84. The Morgan fingerprint density at radius 1 is 1.14 bits per heavy atom. The highest BCUT2D eigenvalue weighted by molar-refractivity contribution is 5.77. The van der Waals surface area contributed by atoms with Gasteiger partial charge in [-0.2, -0.15) is 13.2 Å². The molecule has 29 heavy (non-hydrogen) atoms. The lowest BCUT2D eigenvalue weighted by Crippen LogP contribution is -2.40. The van der Waals surface area contributed by atoms with Gasteiger partial charge >= 0.3 is 6.18 Å². The Morgan fingerprint density at radius 2 is 1.86 bits per heavy atom. The van der Waals surface area contributed by atoms with E-state index < -0.39 is 29.1 Å². The second-order valence-electron chi connectivity index (χ2n) is 7.95. The van der Waals surface area contributed by atoms with Crippen LogP contribution in [0.25, 0.3) is 0 Å². The largest absolute Gasteiger partial charge is 0.451 e. The summed E-state index contributed by atoms with van der Waals surface area (Å²) in [5.41, 5.74) is 0.0384. The van der Waals surface area contributed by atoms with Gasteiger partial charge < -0.3 is 9.47 Å². The Balaban J connectivity index is 1.44. The van der Waals surface area contributed by atoms with Crippen LogP contribution < -0.4 is 0 Å². The van der Waals surface area contributed by atoms with Crippen molar-refractivity contribution in [2.75, 3.05) is 6.54 Å². The number of rotatable bonds is 4. The number of benzene rings is 1. The molecule has 0 atom stereocenters. The number of fused-ring (bicyclic) bond motifs is 1. The number of hydrogen-bond acceptors (Lipinski definition) is 3. The van der Waals surface area contributed by atoms with Crippen LogP contribution >= 0.6 is 0 Å². The number of carbonyl (C=O) groups excluding carboxylic acids is 1. The number of carbonyl (C=O) groups is 1. The lowest BCUT2D eigenvalue weighted by atomic mass is 9.91. The van der Waals surface area contributed by atoms with Gasteiger partial charge in [-0.1, -0.05) is 0 Å². The highest BCUT2D eigenvalue weighted by Crippen LogP contribution is 2.52. The SMILES string of the molecule is Cc1cc(F)c(CC2(CC(=O)N3CCn4c(nnc4C(F)(F)F)C3)CC2)cc1F. The van der Waals surface area contributed by atoms with Crippen LogP contribution in [0.5, 0.6) is 0 Å². The molecule has 2 aliphatic rings. The summed E-state index contributed by atoms with van der Waals surface area (Å²) in [5, 5.41) is 6.78. The number of aromatic nitrogens is 3. The van der Waals surface area contributed by atoms with E-state index in [1.807, 2.05) is 0 Å². The zero-order chi connectivity index (χ0) is 21.0. The van der Waals surface area contributed by atoms with Crippen molar-refractivity contribution in [3.8, 4) is 0 Å². The molecule has 0 unspecified atom stereocenters. The van der Waals surface area contributed by atoms with Gasteiger partial charge in [-0.3, -0.25) is 4.79 Å². The molecule has 0 radical (unpaired) electrons. The molecule has 2 heterocycles. The third-order valence-electron chi connectivity index (χ3n) is 5.74. The van der Waals surface area contributed by atoms with Crippen molar-refractivity contribution in [1.82, 2.24) is 19.7 Å². The Hall–Kier alpha value is -2.52. The predicted octanol–water partition coefficient (Wildman–Crippen LogP) is 3.64. The van der Waals surface area contributed by atoms with Gasteiger partial charge in [0.25, 0.3) is 0 Å². The molecule has 1 aromatic heterocycles. The van der Waals surface area contributed by atoms with Crippen LogP contribution in [0.4, 0.5) is 22.0 Å². The van der Waals surface area contributed by atoms with Crippen molar-refractivity contribution in [2.45, 2.75) is 51.9 Å². The summed E-state index contributed by atoms with van der Waals surface area (Å²) in [6.07, 6.45) is -2.76. The molecule has 1 fully saturated rings. The van der Waals surface area contributed by atoms with Gasteiger partial charge in [-0.25, -0.2) is 8.78 Å². The van der Waals surface area contributed by atoms with E-state index in [2.05, 4.69) is 10.2 Å².